The summed E-state index contributed by atoms with van der Waals surface area (Å²) in [6.45, 7) is 6.07. The second-order valence-electron chi connectivity index (χ2n) is 4.31. The average Bonchev–Trinajstić information content (AvgIpc) is 2.39. The molecule has 0 aromatic heterocycles. The van der Waals surface area contributed by atoms with Crippen LogP contribution in [0.4, 0.5) is 11.4 Å². The maximum atomic E-state index is 11.7. The summed E-state index contributed by atoms with van der Waals surface area (Å²) in [6.07, 6.45) is 0. The highest BCUT2D eigenvalue weighted by atomic mass is 16.5. The highest BCUT2D eigenvalue weighted by Gasteiger charge is 2.23. The third-order valence-corrected chi connectivity index (χ3v) is 2.98. The van der Waals surface area contributed by atoms with Gasteiger partial charge in [0.15, 0.2) is 0 Å². The summed E-state index contributed by atoms with van der Waals surface area (Å²) in [4.78, 5) is 11.7. The lowest BCUT2D eigenvalue weighted by atomic mass is 10.1. The van der Waals surface area contributed by atoms with Gasteiger partial charge < -0.3 is 15.8 Å². The molecule has 3 N–H and O–H groups in total. The number of nitrogen functional groups attached to an aromatic ring is 1. The van der Waals surface area contributed by atoms with Gasteiger partial charge in [0.25, 0.3) is 0 Å². The Hall–Kier alpha value is -1.71. The molecular formula is C12H16N2O2. The molecule has 0 fully saturated rings. The third kappa shape index (κ3) is 1.60. The van der Waals surface area contributed by atoms with Crippen molar-refractivity contribution < 1.29 is 9.53 Å². The van der Waals surface area contributed by atoms with Crippen LogP contribution in [0.2, 0.25) is 0 Å². The Bertz CT molecular complexity index is 455. The fraction of sp³-hybridized carbons (Fsp3) is 0.417. The lowest BCUT2D eigenvalue weighted by Crippen LogP contribution is -2.22. The van der Waals surface area contributed by atoms with Crippen LogP contribution < -0.4 is 15.8 Å². The Morgan fingerprint density at radius 1 is 1.50 bits per heavy atom. The molecule has 1 aromatic rings. The van der Waals surface area contributed by atoms with E-state index in [0.717, 1.165) is 11.1 Å². The van der Waals surface area contributed by atoms with Gasteiger partial charge in [-0.2, -0.15) is 0 Å². The van der Waals surface area contributed by atoms with E-state index in [-0.39, 0.29) is 11.8 Å². The second kappa shape index (κ2) is 3.70. The predicted molar refractivity (Wildman–Crippen MR) is 63.6 cm³/mol. The number of benzene rings is 1. The van der Waals surface area contributed by atoms with Crippen LogP contribution in [0, 0.1) is 19.8 Å². The smallest absolute Gasteiger partial charge is 0.230 e. The minimum Gasteiger partial charge on any atom is -0.491 e. The molecule has 1 amide bonds. The third-order valence-electron chi connectivity index (χ3n) is 2.98. The van der Waals surface area contributed by atoms with E-state index in [9.17, 15) is 4.79 Å². The molecule has 0 saturated carbocycles. The summed E-state index contributed by atoms with van der Waals surface area (Å²) in [5, 5.41) is 2.86. The molecule has 0 bridgehead atoms. The number of anilines is 2. The zero-order valence-electron chi connectivity index (χ0n) is 9.76. The minimum atomic E-state index is -0.145. The van der Waals surface area contributed by atoms with Crippen LogP contribution in [0.1, 0.15) is 18.1 Å². The van der Waals surface area contributed by atoms with Gasteiger partial charge in [-0.1, -0.05) is 6.92 Å². The molecule has 2 rings (SSSR count). The summed E-state index contributed by atoms with van der Waals surface area (Å²) < 4.78 is 5.61. The van der Waals surface area contributed by atoms with Gasteiger partial charge in [-0.05, 0) is 31.0 Å². The fourth-order valence-corrected chi connectivity index (χ4v) is 1.77. The predicted octanol–water partition coefficient (Wildman–Crippen LogP) is 1.85. The van der Waals surface area contributed by atoms with E-state index in [4.69, 9.17) is 10.5 Å². The van der Waals surface area contributed by atoms with E-state index in [1.807, 2.05) is 26.8 Å². The number of hydrogen-bond donors (Lipinski definition) is 2. The van der Waals surface area contributed by atoms with E-state index in [1.54, 1.807) is 0 Å². The molecule has 1 atom stereocenters. The topological polar surface area (TPSA) is 64.3 Å². The van der Waals surface area contributed by atoms with E-state index in [2.05, 4.69) is 5.32 Å². The van der Waals surface area contributed by atoms with E-state index < -0.39 is 0 Å². The first-order valence-electron chi connectivity index (χ1n) is 5.34. The van der Waals surface area contributed by atoms with Crippen molar-refractivity contribution in [3.05, 3.63) is 17.2 Å². The Balaban J connectivity index is 2.54. The quantitative estimate of drug-likeness (QED) is 0.656. The second-order valence-corrected chi connectivity index (χ2v) is 4.31. The molecule has 1 unspecified atom stereocenters. The van der Waals surface area contributed by atoms with Gasteiger partial charge >= 0.3 is 0 Å². The molecule has 1 heterocycles. The van der Waals surface area contributed by atoms with E-state index in [0.29, 0.717) is 23.7 Å². The molecule has 0 spiro atoms. The lowest BCUT2D eigenvalue weighted by Gasteiger charge is -2.14. The van der Waals surface area contributed by atoms with E-state index in [1.165, 1.54) is 0 Å². The molecular weight excluding hydrogens is 204 g/mol. The van der Waals surface area contributed by atoms with Crippen molar-refractivity contribution >= 4 is 17.3 Å². The number of carbonyl (C=O) groups is 1. The van der Waals surface area contributed by atoms with Crippen LogP contribution >= 0.6 is 0 Å². The van der Waals surface area contributed by atoms with Crippen molar-refractivity contribution in [2.45, 2.75) is 20.8 Å². The zero-order chi connectivity index (χ0) is 11.9. The van der Waals surface area contributed by atoms with Crippen LogP contribution in [0.3, 0.4) is 0 Å². The van der Waals surface area contributed by atoms with Gasteiger partial charge in [-0.3, -0.25) is 4.79 Å². The van der Waals surface area contributed by atoms with Crippen LogP contribution in [-0.2, 0) is 4.79 Å². The standard InChI is InChI=1S/C12H16N2O2/c1-6-4-9-11(8(3)10(6)13)14-12(15)7(2)5-16-9/h4,7H,5,13H2,1-3H3,(H,14,15). The minimum absolute atomic E-state index is 0.0231. The number of nitrogens with two attached hydrogens (primary N) is 1. The van der Waals surface area contributed by atoms with E-state index >= 15 is 0 Å². The average molecular weight is 220 g/mol. The first-order chi connectivity index (χ1) is 7.50. The molecule has 0 radical (unpaired) electrons. The van der Waals surface area contributed by atoms with Crippen molar-refractivity contribution in [2.75, 3.05) is 17.7 Å². The maximum absolute atomic E-state index is 11.7. The Labute approximate surface area is 94.8 Å². The monoisotopic (exact) mass is 220 g/mol. The highest BCUT2D eigenvalue weighted by Crippen LogP contribution is 2.36. The molecule has 16 heavy (non-hydrogen) atoms. The van der Waals surface area contributed by atoms with Crippen molar-refractivity contribution in [1.82, 2.24) is 0 Å². The normalized spacial score (nSPS) is 19.4. The first kappa shape index (κ1) is 10.8. The number of ether oxygens (including phenoxy) is 1. The number of carbonyl (C=O) groups excluding carboxylic acids is 1. The molecule has 0 saturated heterocycles. The van der Waals surface area contributed by atoms with Gasteiger partial charge in [0.2, 0.25) is 5.91 Å². The first-order valence-corrected chi connectivity index (χ1v) is 5.34. The molecule has 0 aliphatic carbocycles. The highest BCUT2D eigenvalue weighted by molar-refractivity contribution is 5.96. The van der Waals surface area contributed by atoms with Crippen LogP contribution in [0.15, 0.2) is 6.07 Å². The number of nitrogens with one attached hydrogen (secondary N) is 1. The largest absolute Gasteiger partial charge is 0.491 e. The van der Waals surface area contributed by atoms with Crippen LogP contribution in [0.25, 0.3) is 0 Å². The Morgan fingerprint density at radius 2 is 2.19 bits per heavy atom. The maximum Gasteiger partial charge on any atom is 0.230 e. The van der Waals surface area contributed by atoms with Gasteiger partial charge in [-0.15, -0.1) is 0 Å². The summed E-state index contributed by atoms with van der Waals surface area (Å²) in [5.74, 6) is 0.542. The number of aryl methyl sites for hydroxylation is 1. The molecule has 86 valence electrons. The number of amides is 1. The Morgan fingerprint density at radius 3 is 2.88 bits per heavy atom. The van der Waals surface area contributed by atoms with Crippen LogP contribution in [0.5, 0.6) is 5.75 Å². The van der Waals surface area contributed by atoms with Crippen LogP contribution in [-0.4, -0.2) is 12.5 Å². The molecule has 1 aromatic carbocycles. The Kier molecular flexibility index (Phi) is 2.50. The zero-order valence-corrected chi connectivity index (χ0v) is 9.76. The summed E-state index contributed by atoms with van der Waals surface area (Å²) >= 11 is 0. The van der Waals surface area contributed by atoms with Crippen molar-refractivity contribution in [3.8, 4) is 5.75 Å². The lowest BCUT2D eigenvalue weighted by molar-refractivity contribution is -0.119. The van der Waals surface area contributed by atoms with Gasteiger partial charge in [0, 0.05) is 5.69 Å². The number of fused-ring (bicyclic) bond motifs is 1. The molecule has 4 heteroatoms. The summed E-state index contributed by atoms with van der Waals surface area (Å²) in [6, 6.07) is 1.87. The molecule has 1 aliphatic heterocycles. The van der Waals surface area contributed by atoms with Crippen molar-refractivity contribution in [3.63, 3.8) is 0 Å². The molecule has 4 nitrogen and oxygen atoms in total. The fourth-order valence-electron chi connectivity index (χ4n) is 1.77. The molecule has 1 aliphatic rings. The summed E-state index contributed by atoms with van der Waals surface area (Å²) in [5.41, 5.74) is 9.19. The van der Waals surface area contributed by atoms with Gasteiger partial charge in [-0.25, -0.2) is 0 Å². The van der Waals surface area contributed by atoms with Gasteiger partial charge in [0.1, 0.15) is 5.75 Å². The number of rotatable bonds is 0. The number of hydrogen-bond acceptors (Lipinski definition) is 3. The van der Waals surface area contributed by atoms with Gasteiger partial charge in [0.05, 0.1) is 18.2 Å². The summed E-state index contributed by atoms with van der Waals surface area (Å²) in [7, 11) is 0. The van der Waals surface area contributed by atoms with Crippen molar-refractivity contribution in [1.29, 1.82) is 0 Å². The van der Waals surface area contributed by atoms with Crippen molar-refractivity contribution in [2.24, 2.45) is 5.92 Å². The SMILES string of the molecule is Cc1cc2c(c(C)c1N)NC(=O)C(C)CO2.